The Kier molecular flexibility index (Phi) is 4.32. The Morgan fingerprint density at radius 3 is 2.52 bits per heavy atom. The topological polar surface area (TPSA) is 26.3 Å². The van der Waals surface area contributed by atoms with Crippen molar-refractivity contribution in [3.8, 4) is 0 Å². The molecule has 2 aromatic carbocycles. The molecule has 3 heteroatoms. The van der Waals surface area contributed by atoms with Crippen molar-refractivity contribution < 1.29 is 9.53 Å². The van der Waals surface area contributed by atoms with Crippen molar-refractivity contribution in [2.45, 2.75) is 25.0 Å². The molecule has 1 fully saturated rings. The molecule has 1 saturated heterocycles. The van der Waals surface area contributed by atoms with Crippen LogP contribution in [0.15, 0.2) is 42.5 Å². The molecule has 2 nitrogen and oxygen atoms in total. The average Bonchev–Trinajstić information content (AvgIpc) is 2.53. The van der Waals surface area contributed by atoms with E-state index in [0.717, 1.165) is 28.5 Å². The Bertz CT molecular complexity index is 679. The quantitative estimate of drug-likeness (QED) is 0.692. The Hall–Kier alpha value is -1.71. The highest BCUT2D eigenvalue weighted by molar-refractivity contribution is 6.19. The molecular weight excluding hydrogens is 276 g/mol. The molecule has 2 aliphatic rings. The van der Waals surface area contributed by atoms with Gasteiger partial charge in [-0.05, 0) is 36.3 Å². The van der Waals surface area contributed by atoms with Crippen molar-refractivity contribution in [1.82, 2.24) is 0 Å². The fourth-order valence-corrected chi connectivity index (χ4v) is 3.03. The van der Waals surface area contributed by atoms with E-state index < -0.39 is 0 Å². The zero-order chi connectivity index (χ0) is 14.7. The van der Waals surface area contributed by atoms with Gasteiger partial charge in [0.1, 0.15) is 0 Å². The van der Waals surface area contributed by atoms with Crippen LogP contribution in [-0.4, -0.2) is 28.4 Å². The van der Waals surface area contributed by atoms with Crippen molar-refractivity contribution >= 4 is 32.9 Å². The Labute approximate surface area is 128 Å². The molecule has 0 amide bonds. The monoisotopic (exact) mass is 293 g/mol. The van der Waals surface area contributed by atoms with Crippen LogP contribution in [0.4, 0.5) is 0 Å². The van der Waals surface area contributed by atoms with Crippen molar-refractivity contribution in [1.29, 1.82) is 0 Å². The lowest BCUT2D eigenvalue weighted by atomic mass is 9.92. The summed E-state index contributed by atoms with van der Waals surface area (Å²) in [7, 11) is 3.41. The summed E-state index contributed by atoms with van der Waals surface area (Å²) in [5.41, 5.74) is 2.30. The molecule has 0 bridgehead atoms. The van der Waals surface area contributed by atoms with Crippen LogP contribution >= 0.6 is 0 Å². The third-order valence-electron chi connectivity index (χ3n) is 3.80. The molecule has 2 aromatic rings. The summed E-state index contributed by atoms with van der Waals surface area (Å²) in [4.78, 5) is 11.6. The van der Waals surface area contributed by atoms with E-state index in [-0.39, 0.29) is 5.78 Å². The Morgan fingerprint density at radius 1 is 1.05 bits per heavy atom. The van der Waals surface area contributed by atoms with Crippen LogP contribution in [0, 0.1) is 0 Å². The third-order valence-corrected chi connectivity index (χ3v) is 4.25. The van der Waals surface area contributed by atoms with Gasteiger partial charge in [0.15, 0.2) is 5.78 Å². The molecule has 105 valence electrons. The average molecular weight is 293 g/mol. The summed E-state index contributed by atoms with van der Waals surface area (Å²) in [6.07, 6.45) is 7.25. The van der Waals surface area contributed by atoms with Gasteiger partial charge in [0.2, 0.25) is 0 Å². The summed E-state index contributed by atoms with van der Waals surface area (Å²) < 4.78 is 5.19. The van der Waals surface area contributed by atoms with Crippen LogP contribution in [0.1, 0.15) is 35.2 Å². The number of hydrogen-bond donors (Lipinski definition) is 0. The van der Waals surface area contributed by atoms with Gasteiger partial charge >= 0.3 is 0 Å². The molecule has 1 aliphatic carbocycles. The molecule has 21 heavy (non-hydrogen) atoms. The molecular formula is C18H17O2Si. The van der Waals surface area contributed by atoms with Crippen molar-refractivity contribution in [2.24, 2.45) is 0 Å². The summed E-state index contributed by atoms with van der Waals surface area (Å²) >= 11 is 0. The van der Waals surface area contributed by atoms with Gasteiger partial charge in [-0.3, -0.25) is 4.79 Å². The Morgan fingerprint density at radius 2 is 1.86 bits per heavy atom. The summed E-state index contributed by atoms with van der Waals surface area (Å²) in [5, 5.41) is 2.22. The minimum Gasteiger partial charge on any atom is -0.382 e. The second-order valence-corrected chi connectivity index (χ2v) is 5.95. The normalized spacial score (nSPS) is 20.0. The van der Waals surface area contributed by atoms with E-state index in [1.807, 2.05) is 42.5 Å². The summed E-state index contributed by atoms with van der Waals surface area (Å²) in [6.45, 7) is 0.939. The first-order valence-corrected chi connectivity index (χ1v) is 7.90. The highest BCUT2D eigenvalue weighted by Gasteiger charge is 2.13. The van der Waals surface area contributed by atoms with Crippen molar-refractivity contribution in [3.05, 3.63) is 53.6 Å². The molecule has 1 heterocycles. The first-order chi connectivity index (χ1) is 10.3. The first-order valence-electron chi connectivity index (χ1n) is 7.32. The Balaban J connectivity index is 0.000000160. The molecule has 1 unspecified atom stereocenters. The number of carbonyl (C=O) groups is 1. The van der Waals surface area contributed by atoms with E-state index in [1.165, 1.54) is 19.3 Å². The largest absolute Gasteiger partial charge is 0.382 e. The summed E-state index contributed by atoms with van der Waals surface area (Å²) in [5.74, 6) is 0.106. The van der Waals surface area contributed by atoms with Crippen LogP contribution in [0.5, 0.6) is 0 Å². The molecule has 4 rings (SSSR count). The fourth-order valence-electron chi connectivity index (χ4n) is 2.71. The van der Waals surface area contributed by atoms with Gasteiger partial charge in [0.05, 0.1) is 10.2 Å². The molecule has 0 saturated carbocycles. The minimum atomic E-state index is 0.106. The van der Waals surface area contributed by atoms with E-state index in [1.54, 1.807) is 6.08 Å². The smallest absolute Gasteiger partial charge is 0.186 e. The maximum atomic E-state index is 11.6. The predicted molar refractivity (Wildman–Crippen MR) is 86.7 cm³/mol. The molecule has 0 N–H and O–H groups in total. The summed E-state index contributed by atoms with van der Waals surface area (Å²) in [6, 6.07) is 11.9. The van der Waals surface area contributed by atoms with E-state index in [0.29, 0.717) is 5.73 Å². The maximum Gasteiger partial charge on any atom is 0.186 e. The van der Waals surface area contributed by atoms with Gasteiger partial charge in [-0.15, -0.1) is 0 Å². The number of ketones is 1. The van der Waals surface area contributed by atoms with Gasteiger partial charge in [0, 0.05) is 23.3 Å². The second-order valence-electron chi connectivity index (χ2n) is 5.30. The van der Waals surface area contributed by atoms with Crippen molar-refractivity contribution in [2.75, 3.05) is 6.61 Å². The van der Waals surface area contributed by atoms with Crippen LogP contribution < -0.4 is 0 Å². The molecule has 1 aliphatic heterocycles. The number of hydrogen-bond acceptors (Lipinski definition) is 2. The lowest BCUT2D eigenvalue weighted by Crippen LogP contribution is -2.18. The van der Waals surface area contributed by atoms with E-state index in [9.17, 15) is 4.79 Å². The van der Waals surface area contributed by atoms with Crippen molar-refractivity contribution in [3.63, 3.8) is 0 Å². The van der Waals surface area contributed by atoms with Crippen LogP contribution in [0.2, 0.25) is 0 Å². The zero-order valence-electron chi connectivity index (χ0n) is 11.8. The second kappa shape index (κ2) is 6.37. The molecule has 1 atom stereocenters. The van der Waals surface area contributed by atoms with Crippen LogP contribution in [0.3, 0.4) is 0 Å². The number of benzene rings is 2. The standard InChI is InChI=1S/C13H8O.C5H9OSi/c14-12-8-7-10-4-1-3-9-5-2-6-11(12)13(9)10;7-5-3-1-2-4-6-5/h1-8H;5H,1-4H2. The SMILES string of the molecule is O=C1C=Cc2cccc3cccc1c23.[Si]C1CCCCO1. The fraction of sp³-hybridized carbons (Fsp3) is 0.278. The van der Waals surface area contributed by atoms with Gasteiger partial charge in [-0.2, -0.15) is 0 Å². The lowest BCUT2D eigenvalue weighted by Gasteiger charge is -2.17. The highest BCUT2D eigenvalue weighted by Crippen LogP contribution is 2.27. The van der Waals surface area contributed by atoms with E-state index in [4.69, 9.17) is 4.74 Å². The minimum absolute atomic E-state index is 0.106. The van der Waals surface area contributed by atoms with E-state index >= 15 is 0 Å². The first kappa shape index (κ1) is 14.2. The van der Waals surface area contributed by atoms with Gasteiger partial charge < -0.3 is 4.74 Å². The van der Waals surface area contributed by atoms with Gasteiger partial charge in [-0.1, -0.05) is 42.5 Å². The van der Waals surface area contributed by atoms with Crippen LogP contribution in [-0.2, 0) is 4.74 Å². The lowest BCUT2D eigenvalue weighted by molar-refractivity contribution is 0.0675. The molecule has 0 spiro atoms. The van der Waals surface area contributed by atoms with Gasteiger partial charge in [-0.25, -0.2) is 0 Å². The van der Waals surface area contributed by atoms with Gasteiger partial charge in [0.25, 0.3) is 0 Å². The number of rotatable bonds is 0. The molecule has 3 radical (unpaired) electrons. The number of carbonyl (C=O) groups excluding carboxylic acids is 1. The zero-order valence-corrected chi connectivity index (χ0v) is 12.8. The predicted octanol–water partition coefficient (Wildman–Crippen LogP) is 3.73. The third kappa shape index (κ3) is 3.14. The maximum absolute atomic E-state index is 11.6. The van der Waals surface area contributed by atoms with Crippen LogP contribution in [0.25, 0.3) is 16.8 Å². The van der Waals surface area contributed by atoms with E-state index in [2.05, 4.69) is 10.2 Å². The number of ether oxygens (including phenoxy) is 1. The number of allylic oxidation sites excluding steroid dienone is 1. The highest BCUT2D eigenvalue weighted by atomic mass is 28.1. The molecule has 0 aromatic heterocycles.